The van der Waals surface area contributed by atoms with Crippen molar-refractivity contribution in [2.24, 2.45) is 5.73 Å². The molecule has 0 bridgehead atoms. The van der Waals surface area contributed by atoms with Crippen molar-refractivity contribution in [2.75, 3.05) is 6.61 Å². The summed E-state index contributed by atoms with van der Waals surface area (Å²) in [6.45, 7) is 1.62. The molecule has 1 atom stereocenters. The van der Waals surface area contributed by atoms with E-state index in [1.807, 2.05) is 6.07 Å². The summed E-state index contributed by atoms with van der Waals surface area (Å²) in [5.74, 6) is 0. The van der Waals surface area contributed by atoms with Crippen LogP contribution >= 0.6 is 11.3 Å². The number of nitrogens with two attached hydrogens (primary N) is 1. The van der Waals surface area contributed by atoms with E-state index < -0.39 is 5.54 Å². The van der Waals surface area contributed by atoms with E-state index in [0.29, 0.717) is 4.88 Å². The van der Waals surface area contributed by atoms with E-state index in [9.17, 15) is 0 Å². The van der Waals surface area contributed by atoms with Gasteiger partial charge in [-0.15, -0.1) is 11.3 Å². The van der Waals surface area contributed by atoms with Gasteiger partial charge in [0, 0.05) is 4.88 Å². The number of nitrogens with zero attached hydrogens (tertiary/aromatic N) is 1. The highest BCUT2D eigenvalue weighted by molar-refractivity contribution is 7.12. The van der Waals surface area contributed by atoms with E-state index in [1.54, 1.807) is 19.1 Å². The molecule has 1 aromatic rings. The normalized spacial score (nSPS) is 15.2. The number of thiophene rings is 1. The van der Waals surface area contributed by atoms with Gasteiger partial charge in [0.1, 0.15) is 10.9 Å². The molecule has 1 heterocycles. The van der Waals surface area contributed by atoms with Crippen LogP contribution in [0, 0.1) is 11.3 Å². The maximum Gasteiger partial charge on any atom is 0.110 e. The molecule has 0 saturated carbocycles. The Kier molecular flexibility index (Phi) is 2.48. The first-order valence-corrected chi connectivity index (χ1v) is 4.32. The maximum absolute atomic E-state index is 8.93. The van der Waals surface area contributed by atoms with Crippen LogP contribution in [0.2, 0.25) is 0 Å². The second kappa shape index (κ2) is 3.23. The molecule has 4 heteroatoms. The molecule has 64 valence electrons. The van der Waals surface area contributed by atoms with E-state index in [4.69, 9.17) is 16.1 Å². The summed E-state index contributed by atoms with van der Waals surface area (Å²) in [7, 11) is 0. The van der Waals surface area contributed by atoms with Gasteiger partial charge in [-0.3, -0.25) is 0 Å². The largest absolute Gasteiger partial charge is 0.394 e. The molecular weight excluding hydrogens is 172 g/mol. The third-order valence-electron chi connectivity index (χ3n) is 1.61. The third kappa shape index (κ3) is 1.64. The number of aliphatic hydroxyl groups excluding tert-OH is 1. The second-order valence-electron chi connectivity index (χ2n) is 2.85. The average Bonchev–Trinajstić information content (AvgIpc) is 2.52. The van der Waals surface area contributed by atoms with Crippen molar-refractivity contribution in [3.05, 3.63) is 21.9 Å². The summed E-state index contributed by atoms with van der Waals surface area (Å²) in [4.78, 5) is 1.46. The molecule has 3 N–H and O–H groups in total. The Balaban J connectivity index is 2.98. The lowest BCUT2D eigenvalue weighted by atomic mass is 10.0. The van der Waals surface area contributed by atoms with E-state index in [0.717, 1.165) is 4.88 Å². The van der Waals surface area contributed by atoms with Gasteiger partial charge in [-0.2, -0.15) is 5.26 Å². The van der Waals surface area contributed by atoms with Crippen LogP contribution in [0.25, 0.3) is 0 Å². The Bertz CT molecular complexity index is 311. The molecule has 0 unspecified atom stereocenters. The zero-order valence-electron chi connectivity index (χ0n) is 6.74. The third-order valence-corrected chi connectivity index (χ3v) is 2.88. The highest BCUT2D eigenvalue weighted by atomic mass is 32.1. The monoisotopic (exact) mass is 182 g/mol. The minimum absolute atomic E-state index is 0.113. The molecule has 0 amide bonds. The summed E-state index contributed by atoms with van der Waals surface area (Å²) < 4.78 is 0. The standard InChI is InChI=1S/C8H10N2OS/c1-8(10,5-11)7-3-2-6(4-9)12-7/h2-3,11H,5,10H2,1H3/t8-/m1/s1. The molecule has 1 rings (SSSR count). The van der Waals surface area contributed by atoms with Crippen molar-refractivity contribution in [1.82, 2.24) is 0 Å². The van der Waals surface area contributed by atoms with Crippen molar-refractivity contribution in [2.45, 2.75) is 12.5 Å². The summed E-state index contributed by atoms with van der Waals surface area (Å²) in [5, 5.41) is 17.5. The molecule has 1 aromatic heterocycles. The lowest BCUT2D eigenvalue weighted by Gasteiger charge is -2.19. The van der Waals surface area contributed by atoms with Crippen molar-refractivity contribution in [3.63, 3.8) is 0 Å². The van der Waals surface area contributed by atoms with E-state index in [-0.39, 0.29) is 6.61 Å². The molecule has 0 saturated heterocycles. The number of rotatable bonds is 2. The van der Waals surface area contributed by atoms with E-state index in [2.05, 4.69) is 0 Å². The van der Waals surface area contributed by atoms with Crippen LogP contribution < -0.4 is 5.73 Å². The molecular formula is C8H10N2OS. The first kappa shape index (κ1) is 9.20. The molecule has 12 heavy (non-hydrogen) atoms. The highest BCUT2D eigenvalue weighted by Crippen LogP contribution is 2.25. The second-order valence-corrected chi connectivity index (χ2v) is 3.94. The fourth-order valence-electron chi connectivity index (χ4n) is 0.783. The molecule has 0 spiro atoms. The van der Waals surface area contributed by atoms with Crippen LogP contribution in [0.1, 0.15) is 16.7 Å². The van der Waals surface area contributed by atoms with Crippen LogP contribution in [0.5, 0.6) is 0 Å². The Morgan fingerprint density at radius 1 is 1.75 bits per heavy atom. The Morgan fingerprint density at radius 3 is 2.83 bits per heavy atom. The van der Waals surface area contributed by atoms with Crippen molar-refractivity contribution < 1.29 is 5.11 Å². The summed E-state index contributed by atoms with van der Waals surface area (Å²) in [5.41, 5.74) is 5.03. The first-order valence-electron chi connectivity index (χ1n) is 3.50. The Hall–Kier alpha value is -0.890. The topological polar surface area (TPSA) is 70.0 Å². The highest BCUT2D eigenvalue weighted by Gasteiger charge is 2.21. The lowest BCUT2D eigenvalue weighted by Crippen LogP contribution is -2.35. The van der Waals surface area contributed by atoms with Gasteiger partial charge in [-0.25, -0.2) is 0 Å². The number of hydrogen-bond acceptors (Lipinski definition) is 4. The Labute approximate surface area is 75.1 Å². The lowest BCUT2D eigenvalue weighted by molar-refractivity contribution is 0.212. The molecule has 0 aliphatic rings. The fourth-order valence-corrected chi connectivity index (χ4v) is 1.64. The molecule has 0 radical (unpaired) electrons. The zero-order valence-corrected chi connectivity index (χ0v) is 7.56. The van der Waals surface area contributed by atoms with Crippen LogP contribution in [0.4, 0.5) is 0 Å². The summed E-state index contributed by atoms with van der Waals surface area (Å²) >= 11 is 1.32. The van der Waals surface area contributed by atoms with Crippen LogP contribution in [-0.4, -0.2) is 11.7 Å². The minimum atomic E-state index is -0.722. The van der Waals surface area contributed by atoms with Gasteiger partial charge < -0.3 is 10.8 Å². The quantitative estimate of drug-likeness (QED) is 0.710. The van der Waals surface area contributed by atoms with Gasteiger partial charge in [-0.1, -0.05) is 0 Å². The molecule has 0 aromatic carbocycles. The number of aliphatic hydroxyl groups is 1. The number of nitriles is 1. The van der Waals surface area contributed by atoms with E-state index >= 15 is 0 Å². The van der Waals surface area contributed by atoms with Crippen LogP contribution in [0.15, 0.2) is 12.1 Å². The zero-order chi connectivity index (χ0) is 9.19. The fraction of sp³-hybridized carbons (Fsp3) is 0.375. The predicted molar refractivity (Wildman–Crippen MR) is 47.7 cm³/mol. The van der Waals surface area contributed by atoms with Crippen LogP contribution in [-0.2, 0) is 5.54 Å². The molecule has 3 nitrogen and oxygen atoms in total. The van der Waals surface area contributed by atoms with Gasteiger partial charge in [-0.05, 0) is 19.1 Å². The van der Waals surface area contributed by atoms with Gasteiger partial charge in [0.15, 0.2) is 0 Å². The van der Waals surface area contributed by atoms with Gasteiger partial charge >= 0.3 is 0 Å². The predicted octanol–water partition coefficient (Wildman–Crippen LogP) is 0.786. The SMILES string of the molecule is C[C@@](N)(CO)c1ccc(C#N)s1. The molecule has 0 aliphatic carbocycles. The maximum atomic E-state index is 8.93. The average molecular weight is 182 g/mol. The van der Waals surface area contributed by atoms with Gasteiger partial charge in [0.05, 0.1) is 12.1 Å². The summed E-state index contributed by atoms with van der Waals surface area (Å²) in [6, 6.07) is 5.51. The summed E-state index contributed by atoms with van der Waals surface area (Å²) in [6.07, 6.45) is 0. The first-order chi connectivity index (χ1) is 5.60. The van der Waals surface area contributed by atoms with Crippen LogP contribution in [0.3, 0.4) is 0 Å². The Morgan fingerprint density at radius 2 is 2.42 bits per heavy atom. The number of hydrogen-bond donors (Lipinski definition) is 2. The van der Waals surface area contributed by atoms with Crippen molar-refractivity contribution in [1.29, 1.82) is 5.26 Å². The van der Waals surface area contributed by atoms with Crippen molar-refractivity contribution in [3.8, 4) is 6.07 Å². The smallest absolute Gasteiger partial charge is 0.110 e. The van der Waals surface area contributed by atoms with E-state index in [1.165, 1.54) is 11.3 Å². The molecule has 0 aliphatic heterocycles. The van der Waals surface area contributed by atoms with Gasteiger partial charge in [0.2, 0.25) is 0 Å². The van der Waals surface area contributed by atoms with Crippen molar-refractivity contribution >= 4 is 11.3 Å². The molecule has 0 fully saturated rings. The van der Waals surface area contributed by atoms with Gasteiger partial charge in [0.25, 0.3) is 0 Å². The minimum Gasteiger partial charge on any atom is -0.394 e.